The van der Waals surface area contributed by atoms with Crippen LogP contribution in [-0.4, -0.2) is 26.3 Å². The smallest absolute Gasteiger partial charge is 0.401 e. The van der Waals surface area contributed by atoms with Gasteiger partial charge in [0, 0.05) is 12.1 Å². The number of H-pyrrole nitrogens is 1. The molecule has 0 aliphatic carbocycles. The lowest BCUT2D eigenvalue weighted by molar-refractivity contribution is -0.402. The summed E-state index contributed by atoms with van der Waals surface area (Å²) in [6.45, 7) is 0. The molecular weight excluding hydrogens is 300 g/mol. The Morgan fingerprint density at radius 2 is 2.19 bits per heavy atom. The van der Waals surface area contributed by atoms with Gasteiger partial charge < -0.3 is 4.42 Å². The minimum absolute atomic E-state index is 0.110. The number of hydrogen-bond donors (Lipinski definition) is 1. The molecule has 3 heterocycles. The van der Waals surface area contributed by atoms with Crippen LogP contribution in [0.15, 0.2) is 33.7 Å². The minimum atomic E-state index is -0.687. The number of aromatic nitrogens is 2. The Labute approximate surface area is 120 Å². The zero-order chi connectivity index (χ0) is 15.0. The zero-order valence-electron chi connectivity index (χ0n) is 10.2. The summed E-state index contributed by atoms with van der Waals surface area (Å²) in [6, 6.07) is 4.00. The molecule has 2 aromatic rings. The largest absolute Gasteiger partial charge is 0.433 e. The molecule has 3 rings (SSSR count). The maximum atomic E-state index is 12.2. The van der Waals surface area contributed by atoms with E-state index in [1.54, 1.807) is 0 Å². The lowest BCUT2D eigenvalue weighted by atomic mass is 10.3. The van der Waals surface area contributed by atoms with Gasteiger partial charge >= 0.3 is 5.88 Å². The molecule has 0 spiro atoms. The molecule has 0 atom stereocenters. The fraction of sp³-hybridized carbons (Fsp3) is 0. The number of furan rings is 1. The Morgan fingerprint density at radius 3 is 2.81 bits per heavy atom. The van der Waals surface area contributed by atoms with E-state index in [0.29, 0.717) is 11.8 Å². The normalized spacial score (nSPS) is 17.0. The molecule has 1 fully saturated rings. The van der Waals surface area contributed by atoms with Crippen LogP contribution in [0.2, 0.25) is 0 Å². The van der Waals surface area contributed by atoms with Crippen molar-refractivity contribution in [3.63, 3.8) is 0 Å². The number of amides is 2. The fourth-order valence-corrected chi connectivity index (χ4v) is 2.51. The second kappa shape index (κ2) is 4.90. The number of rotatable bonds is 3. The van der Waals surface area contributed by atoms with Crippen molar-refractivity contribution in [3.05, 3.63) is 45.2 Å². The van der Waals surface area contributed by atoms with Gasteiger partial charge in [-0.15, -0.1) is 0 Å². The van der Waals surface area contributed by atoms with Crippen molar-refractivity contribution in [3.8, 4) is 0 Å². The van der Waals surface area contributed by atoms with Crippen molar-refractivity contribution in [1.29, 1.82) is 0 Å². The predicted molar refractivity (Wildman–Crippen MR) is 72.4 cm³/mol. The van der Waals surface area contributed by atoms with Crippen molar-refractivity contribution < 1.29 is 18.9 Å². The van der Waals surface area contributed by atoms with E-state index in [4.69, 9.17) is 4.42 Å². The Kier molecular flexibility index (Phi) is 3.06. The number of thioether (sulfide) groups is 1. The van der Waals surface area contributed by atoms with Gasteiger partial charge in [-0.05, 0) is 17.8 Å². The van der Waals surface area contributed by atoms with Crippen molar-refractivity contribution in [2.45, 2.75) is 0 Å². The zero-order valence-corrected chi connectivity index (χ0v) is 11.0. The number of nitrogens with zero attached hydrogens (tertiary/aromatic N) is 3. The van der Waals surface area contributed by atoms with E-state index in [2.05, 4.69) is 10.2 Å². The molecule has 21 heavy (non-hydrogen) atoms. The third-order valence-electron chi connectivity index (χ3n) is 2.59. The first kappa shape index (κ1) is 13.1. The Morgan fingerprint density at radius 1 is 1.38 bits per heavy atom. The van der Waals surface area contributed by atoms with Crippen LogP contribution in [-0.2, 0) is 4.79 Å². The van der Waals surface area contributed by atoms with Gasteiger partial charge in [-0.3, -0.25) is 24.8 Å². The van der Waals surface area contributed by atoms with Gasteiger partial charge in [-0.2, -0.15) is 5.10 Å². The molecular formula is C11H6N4O5S. The maximum Gasteiger partial charge on any atom is 0.433 e. The average Bonchev–Trinajstić information content (AvgIpc) is 3.12. The number of nitro groups is 1. The molecule has 1 N–H and O–H groups in total. The lowest BCUT2D eigenvalue weighted by Gasteiger charge is -2.07. The minimum Gasteiger partial charge on any atom is -0.401 e. The average molecular weight is 306 g/mol. The summed E-state index contributed by atoms with van der Waals surface area (Å²) >= 11 is 0.713. The summed E-state index contributed by atoms with van der Waals surface area (Å²) in [4.78, 5) is 34.9. The van der Waals surface area contributed by atoms with E-state index in [1.807, 2.05) is 0 Å². The third kappa shape index (κ3) is 2.31. The third-order valence-corrected chi connectivity index (χ3v) is 3.46. The Balaban J connectivity index is 1.90. The molecule has 2 aromatic heterocycles. The highest BCUT2D eigenvalue weighted by molar-refractivity contribution is 8.19. The van der Waals surface area contributed by atoms with Crippen LogP contribution < -0.4 is 4.90 Å². The summed E-state index contributed by atoms with van der Waals surface area (Å²) in [6.07, 6.45) is 2.70. The van der Waals surface area contributed by atoms with Crippen molar-refractivity contribution in [1.82, 2.24) is 10.2 Å². The van der Waals surface area contributed by atoms with Gasteiger partial charge in [-0.1, -0.05) is 0 Å². The number of nitrogens with one attached hydrogen (secondary N) is 1. The summed E-state index contributed by atoms with van der Waals surface area (Å²) in [5.41, 5.74) is 0. The molecule has 0 bridgehead atoms. The van der Waals surface area contributed by atoms with Gasteiger partial charge in [0.25, 0.3) is 11.1 Å². The monoisotopic (exact) mass is 306 g/mol. The number of imide groups is 1. The number of carbonyl (C=O) groups excluding carboxylic acids is 2. The van der Waals surface area contributed by atoms with Gasteiger partial charge in [0.15, 0.2) is 0 Å². The van der Waals surface area contributed by atoms with Crippen molar-refractivity contribution in [2.24, 2.45) is 0 Å². The molecule has 9 nitrogen and oxygen atoms in total. The van der Waals surface area contributed by atoms with E-state index in [-0.39, 0.29) is 16.5 Å². The standard InChI is InChI=1S/C11H6N4O5S/c16-10-7(5-6-1-2-9(20-6)15(18)19)21-11(17)14(10)8-3-4-12-13-8/h1-5H,(H,12,13)/b7-5-. The first-order valence-electron chi connectivity index (χ1n) is 5.58. The maximum absolute atomic E-state index is 12.2. The molecule has 1 saturated heterocycles. The SMILES string of the molecule is O=C1S/C(=C\c2ccc([N+](=O)[O-])o2)C(=O)N1c1ccn[nH]1. The molecule has 0 saturated carbocycles. The van der Waals surface area contributed by atoms with Gasteiger partial charge in [0.2, 0.25) is 0 Å². The Hall–Kier alpha value is -2.88. The second-order valence-electron chi connectivity index (χ2n) is 3.89. The van der Waals surface area contributed by atoms with Gasteiger partial charge in [0.1, 0.15) is 16.5 Å². The molecule has 0 unspecified atom stereocenters. The van der Waals surface area contributed by atoms with Crippen LogP contribution in [0.4, 0.5) is 16.5 Å². The first-order chi connectivity index (χ1) is 10.1. The molecule has 1 aliphatic heterocycles. The highest BCUT2D eigenvalue weighted by atomic mass is 32.2. The van der Waals surface area contributed by atoms with E-state index >= 15 is 0 Å². The van der Waals surface area contributed by atoms with Crippen LogP contribution in [0.25, 0.3) is 6.08 Å². The van der Waals surface area contributed by atoms with Crippen LogP contribution in [0.3, 0.4) is 0 Å². The van der Waals surface area contributed by atoms with E-state index in [0.717, 1.165) is 4.90 Å². The summed E-state index contributed by atoms with van der Waals surface area (Å²) in [7, 11) is 0. The van der Waals surface area contributed by atoms with E-state index in [1.165, 1.54) is 30.5 Å². The van der Waals surface area contributed by atoms with Crippen molar-refractivity contribution in [2.75, 3.05) is 4.90 Å². The molecule has 1 aliphatic rings. The van der Waals surface area contributed by atoms with Crippen LogP contribution in [0.5, 0.6) is 0 Å². The molecule has 106 valence electrons. The van der Waals surface area contributed by atoms with Crippen LogP contribution in [0, 0.1) is 10.1 Å². The van der Waals surface area contributed by atoms with Gasteiger partial charge in [-0.25, -0.2) is 4.90 Å². The number of anilines is 1. The predicted octanol–water partition coefficient (Wildman–Crippen LogP) is 2.15. The summed E-state index contributed by atoms with van der Waals surface area (Å²) in [5.74, 6) is -0.606. The second-order valence-corrected chi connectivity index (χ2v) is 4.89. The van der Waals surface area contributed by atoms with E-state index < -0.39 is 22.0 Å². The summed E-state index contributed by atoms with van der Waals surface area (Å²) in [5, 5.41) is 16.2. The highest BCUT2D eigenvalue weighted by Gasteiger charge is 2.37. The number of aromatic amines is 1. The number of hydrogen-bond acceptors (Lipinski definition) is 7. The van der Waals surface area contributed by atoms with Crippen LogP contribution in [0.1, 0.15) is 5.76 Å². The van der Waals surface area contributed by atoms with Gasteiger partial charge in [0.05, 0.1) is 17.2 Å². The van der Waals surface area contributed by atoms with Crippen molar-refractivity contribution >= 4 is 40.7 Å². The number of carbonyl (C=O) groups is 2. The fourth-order valence-electron chi connectivity index (χ4n) is 1.70. The first-order valence-corrected chi connectivity index (χ1v) is 6.39. The molecule has 2 amide bonds. The highest BCUT2D eigenvalue weighted by Crippen LogP contribution is 2.35. The van der Waals surface area contributed by atoms with Crippen LogP contribution >= 0.6 is 11.8 Å². The molecule has 0 aromatic carbocycles. The summed E-state index contributed by atoms with van der Waals surface area (Å²) < 4.78 is 4.93. The molecule has 10 heteroatoms. The molecule has 0 radical (unpaired) electrons. The topological polar surface area (TPSA) is 122 Å². The van der Waals surface area contributed by atoms with E-state index in [9.17, 15) is 19.7 Å². The lowest BCUT2D eigenvalue weighted by Crippen LogP contribution is -2.27. The Bertz CT molecular complexity index is 763. The quantitative estimate of drug-likeness (QED) is 0.523.